The standard InChI is InChI=1S/C30H40ClN3O4/c1-21-6-5-7-25(14-21)18-33-12-13-38-30(19-33,20-37-27-15-22(2)29(31)23(3)16-27)17-28(36)34-10-8-26(9-11-34)32-24(4)35/h5-7,14-16,26H,8-13,17-20H2,1-4H3,(H,32,35). The molecule has 1 atom stereocenters. The van der Waals surface area contributed by atoms with Crippen molar-refractivity contribution in [3.63, 3.8) is 0 Å². The van der Waals surface area contributed by atoms with E-state index in [1.165, 1.54) is 18.1 Å². The van der Waals surface area contributed by atoms with E-state index in [-0.39, 0.29) is 30.9 Å². The highest BCUT2D eigenvalue weighted by atomic mass is 35.5. The summed E-state index contributed by atoms with van der Waals surface area (Å²) in [6, 6.07) is 12.5. The summed E-state index contributed by atoms with van der Waals surface area (Å²) >= 11 is 6.37. The highest BCUT2D eigenvalue weighted by molar-refractivity contribution is 6.32. The van der Waals surface area contributed by atoms with Gasteiger partial charge in [-0.3, -0.25) is 14.5 Å². The summed E-state index contributed by atoms with van der Waals surface area (Å²) in [5.74, 6) is 0.769. The number of nitrogens with one attached hydrogen (secondary N) is 1. The van der Waals surface area contributed by atoms with Crippen LogP contribution in [0.25, 0.3) is 0 Å². The molecule has 2 aliphatic rings. The molecule has 206 valence electrons. The Balaban J connectivity index is 1.48. The maximum absolute atomic E-state index is 13.5. The predicted octanol–water partition coefficient (Wildman–Crippen LogP) is 4.43. The number of carbonyl (C=O) groups excluding carboxylic acids is 2. The second-order valence-electron chi connectivity index (χ2n) is 10.9. The predicted molar refractivity (Wildman–Crippen MR) is 150 cm³/mol. The molecule has 2 saturated heterocycles. The van der Waals surface area contributed by atoms with Crippen LogP contribution in [0.15, 0.2) is 36.4 Å². The average Bonchev–Trinajstić information content (AvgIpc) is 2.86. The molecule has 2 heterocycles. The Morgan fingerprint density at radius 3 is 2.47 bits per heavy atom. The third-order valence-electron chi connectivity index (χ3n) is 7.46. The minimum atomic E-state index is -0.769. The first-order chi connectivity index (χ1) is 18.1. The minimum Gasteiger partial charge on any atom is -0.490 e. The summed E-state index contributed by atoms with van der Waals surface area (Å²) in [4.78, 5) is 29.2. The van der Waals surface area contributed by atoms with Gasteiger partial charge in [0.05, 0.1) is 13.0 Å². The molecule has 8 heteroatoms. The van der Waals surface area contributed by atoms with Crippen LogP contribution in [-0.2, 0) is 20.9 Å². The first kappa shape index (κ1) is 28.4. The molecule has 0 aromatic heterocycles. The molecule has 1 N–H and O–H groups in total. The lowest BCUT2D eigenvalue weighted by Gasteiger charge is -2.43. The molecule has 0 spiro atoms. The van der Waals surface area contributed by atoms with Crippen LogP contribution in [0.4, 0.5) is 0 Å². The van der Waals surface area contributed by atoms with Gasteiger partial charge in [-0.05, 0) is 62.4 Å². The number of morpholine rings is 1. The van der Waals surface area contributed by atoms with Gasteiger partial charge in [0.15, 0.2) is 0 Å². The van der Waals surface area contributed by atoms with Gasteiger partial charge in [0, 0.05) is 50.7 Å². The molecule has 0 radical (unpaired) electrons. The fourth-order valence-corrected chi connectivity index (χ4v) is 5.63. The van der Waals surface area contributed by atoms with E-state index in [2.05, 4.69) is 41.4 Å². The van der Waals surface area contributed by atoms with Gasteiger partial charge >= 0.3 is 0 Å². The Labute approximate surface area is 231 Å². The number of ether oxygens (including phenoxy) is 2. The van der Waals surface area contributed by atoms with E-state index >= 15 is 0 Å². The highest BCUT2D eigenvalue weighted by Crippen LogP contribution is 2.30. The number of benzene rings is 2. The van der Waals surface area contributed by atoms with Gasteiger partial charge in [0.2, 0.25) is 11.8 Å². The molecule has 38 heavy (non-hydrogen) atoms. The van der Waals surface area contributed by atoms with Crippen LogP contribution in [0.5, 0.6) is 5.75 Å². The van der Waals surface area contributed by atoms with Gasteiger partial charge in [-0.25, -0.2) is 0 Å². The normalized spacial score (nSPS) is 20.8. The summed E-state index contributed by atoms with van der Waals surface area (Å²) in [6.45, 7) is 11.8. The largest absolute Gasteiger partial charge is 0.490 e. The van der Waals surface area contributed by atoms with E-state index < -0.39 is 5.60 Å². The van der Waals surface area contributed by atoms with Crippen molar-refractivity contribution in [2.45, 2.75) is 65.1 Å². The minimum absolute atomic E-state index is 0.0251. The quantitative estimate of drug-likeness (QED) is 0.535. The van der Waals surface area contributed by atoms with Crippen LogP contribution < -0.4 is 10.1 Å². The number of hydrogen-bond acceptors (Lipinski definition) is 5. The smallest absolute Gasteiger partial charge is 0.225 e. The lowest BCUT2D eigenvalue weighted by atomic mass is 9.95. The maximum Gasteiger partial charge on any atom is 0.225 e. The van der Waals surface area contributed by atoms with Crippen LogP contribution in [0, 0.1) is 20.8 Å². The van der Waals surface area contributed by atoms with Gasteiger partial charge in [0.1, 0.15) is 18.0 Å². The second-order valence-corrected chi connectivity index (χ2v) is 11.3. The lowest BCUT2D eigenvalue weighted by molar-refractivity contribution is -0.157. The summed E-state index contributed by atoms with van der Waals surface area (Å²) in [5.41, 5.74) is 3.63. The van der Waals surface area contributed by atoms with Crippen molar-refractivity contribution in [3.8, 4) is 5.75 Å². The van der Waals surface area contributed by atoms with Gasteiger partial charge in [-0.1, -0.05) is 41.4 Å². The Kier molecular flexibility index (Phi) is 9.34. The van der Waals surface area contributed by atoms with E-state index in [0.717, 1.165) is 47.8 Å². The first-order valence-electron chi connectivity index (χ1n) is 13.5. The number of aryl methyl sites for hydroxylation is 3. The van der Waals surface area contributed by atoms with Crippen molar-refractivity contribution in [1.29, 1.82) is 0 Å². The molecule has 0 saturated carbocycles. The molecule has 4 rings (SSSR count). The molecule has 2 fully saturated rings. The van der Waals surface area contributed by atoms with Crippen LogP contribution in [-0.4, -0.2) is 72.6 Å². The van der Waals surface area contributed by atoms with Crippen LogP contribution in [0.1, 0.15) is 48.4 Å². The Morgan fingerprint density at radius 2 is 1.82 bits per heavy atom. The van der Waals surface area contributed by atoms with Crippen LogP contribution in [0.2, 0.25) is 5.02 Å². The number of likely N-dealkylation sites (tertiary alicyclic amines) is 1. The van der Waals surface area contributed by atoms with E-state index in [9.17, 15) is 9.59 Å². The number of carbonyl (C=O) groups is 2. The second kappa shape index (κ2) is 12.5. The van der Waals surface area contributed by atoms with Crippen molar-refractivity contribution in [1.82, 2.24) is 15.1 Å². The van der Waals surface area contributed by atoms with Crippen molar-refractivity contribution in [3.05, 3.63) is 63.7 Å². The van der Waals surface area contributed by atoms with E-state index in [1.54, 1.807) is 0 Å². The monoisotopic (exact) mass is 541 g/mol. The zero-order valence-corrected chi connectivity index (χ0v) is 23.8. The molecular formula is C30H40ClN3O4. The number of nitrogens with zero attached hydrogens (tertiary/aromatic N) is 2. The fraction of sp³-hybridized carbons (Fsp3) is 0.533. The number of rotatable bonds is 8. The van der Waals surface area contributed by atoms with Crippen molar-refractivity contribution in [2.75, 3.05) is 39.4 Å². The first-order valence-corrected chi connectivity index (χ1v) is 13.9. The molecule has 1 unspecified atom stereocenters. The SMILES string of the molecule is CC(=O)NC1CCN(C(=O)CC2(COc3cc(C)c(Cl)c(C)c3)CN(Cc3cccc(C)c3)CCO2)CC1. The zero-order valence-electron chi connectivity index (χ0n) is 23.0. The van der Waals surface area contributed by atoms with Crippen molar-refractivity contribution >= 4 is 23.4 Å². The third-order valence-corrected chi connectivity index (χ3v) is 8.05. The number of amides is 2. The molecule has 2 aliphatic heterocycles. The summed E-state index contributed by atoms with van der Waals surface area (Å²) < 4.78 is 12.7. The Bertz CT molecular complexity index is 1130. The maximum atomic E-state index is 13.5. The van der Waals surface area contributed by atoms with Crippen LogP contribution >= 0.6 is 11.6 Å². The number of piperidine rings is 1. The van der Waals surface area contributed by atoms with Gasteiger partial charge < -0.3 is 19.7 Å². The van der Waals surface area contributed by atoms with Gasteiger partial charge in [-0.15, -0.1) is 0 Å². The van der Waals surface area contributed by atoms with E-state index in [1.807, 2.05) is 30.9 Å². The number of halogens is 1. The summed E-state index contributed by atoms with van der Waals surface area (Å²) in [5, 5.41) is 3.72. The summed E-state index contributed by atoms with van der Waals surface area (Å²) in [6.07, 6.45) is 1.77. The Morgan fingerprint density at radius 1 is 1.11 bits per heavy atom. The number of hydrogen-bond donors (Lipinski definition) is 1. The third kappa shape index (κ3) is 7.49. The van der Waals surface area contributed by atoms with Gasteiger partial charge in [-0.2, -0.15) is 0 Å². The molecule has 0 bridgehead atoms. The Hall–Kier alpha value is -2.61. The topological polar surface area (TPSA) is 71.1 Å². The molecule has 2 aromatic rings. The highest BCUT2D eigenvalue weighted by Gasteiger charge is 2.41. The zero-order chi connectivity index (χ0) is 27.3. The van der Waals surface area contributed by atoms with Crippen LogP contribution in [0.3, 0.4) is 0 Å². The van der Waals surface area contributed by atoms with Gasteiger partial charge in [0.25, 0.3) is 0 Å². The van der Waals surface area contributed by atoms with E-state index in [4.69, 9.17) is 21.1 Å². The summed E-state index contributed by atoms with van der Waals surface area (Å²) in [7, 11) is 0. The molecular weight excluding hydrogens is 502 g/mol. The molecule has 7 nitrogen and oxygen atoms in total. The van der Waals surface area contributed by atoms with Crippen molar-refractivity contribution < 1.29 is 19.1 Å². The average molecular weight is 542 g/mol. The molecule has 0 aliphatic carbocycles. The molecule has 2 amide bonds. The van der Waals surface area contributed by atoms with E-state index in [0.29, 0.717) is 26.2 Å². The molecule has 2 aromatic carbocycles. The fourth-order valence-electron chi connectivity index (χ4n) is 5.52. The van der Waals surface area contributed by atoms with Crippen molar-refractivity contribution in [2.24, 2.45) is 0 Å². The lowest BCUT2D eigenvalue weighted by Crippen LogP contribution is -2.57.